The van der Waals surface area contributed by atoms with E-state index >= 15 is 0 Å². The van der Waals surface area contributed by atoms with E-state index in [1.807, 2.05) is 0 Å². The minimum atomic E-state index is 0.530. The van der Waals surface area contributed by atoms with Crippen LogP contribution < -0.4 is 5.32 Å². The Morgan fingerprint density at radius 1 is 0.778 bits per heavy atom. The summed E-state index contributed by atoms with van der Waals surface area (Å²) in [5.74, 6) is 2.92. The van der Waals surface area contributed by atoms with Crippen LogP contribution in [0, 0.1) is 23.2 Å². The van der Waals surface area contributed by atoms with E-state index in [4.69, 9.17) is 0 Å². The van der Waals surface area contributed by atoms with Crippen molar-refractivity contribution in [3.63, 3.8) is 0 Å². The molecule has 2 fully saturated rings. The van der Waals surface area contributed by atoms with Crippen molar-refractivity contribution in [3.05, 3.63) is 0 Å². The average molecular weight is 251 g/mol. The van der Waals surface area contributed by atoms with Crippen molar-refractivity contribution in [1.29, 1.82) is 0 Å². The molecule has 18 heavy (non-hydrogen) atoms. The predicted octanol–water partition coefficient (Wildman–Crippen LogP) is 4.62. The second-order valence-corrected chi connectivity index (χ2v) is 7.89. The number of hydrogen-bond acceptors (Lipinski definition) is 1. The molecule has 0 aromatic rings. The predicted molar refractivity (Wildman–Crippen MR) is 79.7 cm³/mol. The lowest BCUT2D eigenvalue weighted by Gasteiger charge is -2.37. The van der Waals surface area contributed by atoms with Gasteiger partial charge in [-0.25, -0.2) is 0 Å². The molecule has 1 nitrogen and oxygen atoms in total. The molecule has 2 saturated carbocycles. The normalized spacial score (nSPS) is 30.8. The highest BCUT2D eigenvalue weighted by Crippen LogP contribution is 2.39. The van der Waals surface area contributed by atoms with Gasteiger partial charge in [-0.15, -0.1) is 0 Å². The first-order valence-corrected chi connectivity index (χ1v) is 8.26. The van der Waals surface area contributed by atoms with Gasteiger partial charge in [-0.3, -0.25) is 0 Å². The fourth-order valence-corrected chi connectivity index (χ4v) is 3.94. The molecule has 2 aliphatic carbocycles. The molecule has 0 bridgehead atoms. The van der Waals surface area contributed by atoms with E-state index in [2.05, 4.69) is 26.1 Å². The molecular weight excluding hydrogens is 218 g/mol. The van der Waals surface area contributed by atoms with E-state index in [9.17, 15) is 0 Å². The van der Waals surface area contributed by atoms with Crippen LogP contribution in [0.5, 0.6) is 0 Å². The van der Waals surface area contributed by atoms with Gasteiger partial charge in [-0.05, 0) is 74.8 Å². The minimum absolute atomic E-state index is 0.530. The largest absolute Gasteiger partial charge is 0.316 e. The molecule has 0 heterocycles. The van der Waals surface area contributed by atoms with E-state index < -0.39 is 0 Å². The van der Waals surface area contributed by atoms with Crippen LogP contribution in [0.25, 0.3) is 0 Å². The molecule has 2 aliphatic rings. The third-order valence-corrected chi connectivity index (χ3v) is 5.41. The maximum absolute atomic E-state index is 3.75. The SMILES string of the molecule is CC(C)(C)C1CCC(CNCC2CCCC2)CC1. The summed E-state index contributed by atoms with van der Waals surface area (Å²) < 4.78 is 0. The lowest BCUT2D eigenvalue weighted by Crippen LogP contribution is -2.32. The summed E-state index contributed by atoms with van der Waals surface area (Å²) in [4.78, 5) is 0. The second-order valence-electron chi connectivity index (χ2n) is 7.89. The fourth-order valence-electron chi connectivity index (χ4n) is 3.94. The summed E-state index contributed by atoms with van der Waals surface area (Å²) in [6.45, 7) is 9.82. The molecule has 1 heteroatoms. The van der Waals surface area contributed by atoms with Gasteiger partial charge in [0, 0.05) is 0 Å². The van der Waals surface area contributed by atoms with Crippen molar-refractivity contribution >= 4 is 0 Å². The first kappa shape index (κ1) is 14.4. The van der Waals surface area contributed by atoms with Crippen molar-refractivity contribution in [1.82, 2.24) is 5.32 Å². The molecule has 0 atom stereocenters. The Balaban J connectivity index is 1.58. The van der Waals surface area contributed by atoms with Crippen molar-refractivity contribution in [2.75, 3.05) is 13.1 Å². The van der Waals surface area contributed by atoms with Crippen LogP contribution in [-0.2, 0) is 0 Å². The summed E-state index contributed by atoms with van der Waals surface area (Å²) in [6, 6.07) is 0. The molecule has 0 aromatic heterocycles. The topological polar surface area (TPSA) is 12.0 Å². The maximum Gasteiger partial charge on any atom is -0.00204 e. The number of rotatable bonds is 4. The van der Waals surface area contributed by atoms with Crippen LogP contribution in [0.2, 0.25) is 0 Å². The Morgan fingerprint density at radius 2 is 1.28 bits per heavy atom. The summed E-state index contributed by atoms with van der Waals surface area (Å²) in [5, 5.41) is 3.75. The Kier molecular flexibility index (Phi) is 5.12. The highest BCUT2D eigenvalue weighted by molar-refractivity contribution is 4.81. The maximum atomic E-state index is 3.75. The highest BCUT2D eigenvalue weighted by Gasteiger charge is 2.29. The van der Waals surface area contributed by atoms with Gasteiger partial charge in [-0.1, -0.05) is 33.6 Å². The van der Waals surface area contributed by atoms with E-state index in [0.717, 1.165) is 17.8 Å². The molecule has 2 rings (SSSR count). The molecule has 106 valence electrons. The van der Waals surface area contributed by atoms with E-state index in [-0.39, 0.29) is 0 Å². The Morgan fingerprint density at radius 3 is 1.78 bits per heavy atom. The highest BCUT2D eigenvalue weighted by atomic mass is 14.9. The summed E-state index contributed by atoms with van der Waals surface area (Å²) >= 11 is 0. The van der Waals surface area contributed by atoms with Gasteiger partial charge in [0.15, 0.2) is 0 Å². The standard InChI is InChI=1S/C17H33N/c1-17(2,3)16-10-8-15(9-11-16)13-18-12-14-6-4-5-7-14/h14-16,18H,4-13H2,1-3H3. The van der Waals surface area contributed by atoms with Gasteiger partial charge in [0.2, 0.25) is 0 Å². The first-order chi connectivity index (χ1) is 8.55. The Labute approximate surface area is 114 Å². The van der Waals surface area contributed by atoms with E-state index in [1.54, 1.807) is 0 Å². The van der Waals surface area contributed by atoms with Crippen LogP contribution in [0.15, 0.2) is 0 Å². The number of hydrogen-bond donors (Lipinski definition) is 1. The van der Waals surface area contributed by atoms with Crippen LogP contribution in [0.4, 0.5) is 0 Å². The van der Waals surface area contributed by atoms with Crippen LogP contribution in [0.1, 0.15) is 72.1 Å². The molecule has 0 aliphatic heterocycles. The molecule has 0 saturated heterocycles. The Hall–Kier alpha value is -0.0400. The molecule has 1 N–H and O–H groups in total. The zero-order valence-corrected chi connectivity index (χ0v) is 12.8. The van der Waals surface area contributed by atoms with Gasteiger partial charge in [0.1, 0.15) is 0 Å². The quantitative estimate of drug-likeness (QED) is 0.769. The molecule has 0 radical (unpaired) electrons. The molecular formula is C17H33N. The summed E-state index contributed by atoms with van der Waals surface area (Å²) in [7, 11) is 0. The fraction of sp³-hybridized carbons (Fsp3) is 1.00. The molecule has 0 amide bonds. The summed E-state index contributed by atoms with van der Waals surface area (Å²) in [5.41, 5.74) is 0.530. The van der Waals surface area contributed by atoms with Gasteiger partial charge < -0.3 is 5.32 Å². The lowest BCUT2D eigenvalue weighted by atomic mass is 9.70. The smallest absolute Gasteiger partial charge is 0.00204 e. The molecule has 0 unspecified atom stereocenters. The zero-order chi connectivity index (χ0) is 13.0. The third kappa shape index (κ3) is 4.26. The Bertz CT molecular complexity index is 226. The van der Waals surface area contributed by atoms with E-state index in [0.29, 0.717) is 5.41 Å². The van der Waals surface area contributed by atoms with Gasteiger partial charge in [0.05, 0.1) is 0 Å². The minimum Gasteiger partial charge on any atom is -0.316 e. The second kappa shape index (κ2) is 6.41. The van der Waals surface area contributed by atoms with Crippen LogP contribution in [-0.4, -0.2) is 13.1 Å². The van der Waals surface area contributed by atoms with Gasteiger partial charge in [0.25, 0.3) is 0 Å². The zero-order valence-electron chi connectivity index (χ0n) is 12.8. The first-order valence-electron chi connectivity index (χ1n) is 8.26. The summed E-state index contributed by atoms with van der Waals surface area (Å²) in [6.07, 6.45) is 11.7. The van der Waals surface area contributed by atoms with Gasteiger partial charge in [-0.2, -0.15) is 0 Å². The average Bonchev–Trinajstić information content (AvgIpc) is 2.82. The van der Waals surface area contributed by atoms with Crippen LogP contribution in [0.3, 0.4) is 0 Å². The van der Waals surface area contributed by atoms with Crippen LogP contribution >= 0.6 is 0 Å². The lowest BCUT2D eigenvalue weighted by molar-refractivity contribution is 0.148. The monoisotopic (exact) mass is 251 g/mol. The van der Waals surface area contributed by atoms with Crippen molar-refractivity contribution in [2.45, 2.75) is 72.1 Å². The van der Waals surface area contributed by atoms with Gasteiger partial charge >= 0.3 is 0 Å². The van der Waals surface area contributed by atoms with Crippen molar-refractivity contribution in [2.24, 2.45) is 23.2 Å². The molecule has 0 aromatic carbocycles. The molecule has 0 spiro atoms. The number of nitrogens with one attached hydrogen (secondary N) is 1. The van der Waals surface area contributed by atoms with Crippen molar-refractivity contribution < 1.29 is 0 Å². The van der Waals surface area contributed by atoms with Crippen molar-refractivity contribution in [3.8, 4) is 0 Å². The third-order valence-electron chi connectivity index (χ3n) is 5.41. The van der Waals surface area contributed by atoms with E-state index in [1.165, 1.54) is 64.5 Å².